The molecule has 1 amide bonds. The minimum Gasteiger partial charge on any atom is -0.353 e. The van der Waals surface area contributed by atoms with Gasteiger partial charge in [-0.1, -0.05) is 72.3 Å². The van der Waals surface area contributed by atoms with Gasteiger partial charge in [0.2, 0.25) is 5.91 Å². The number of nitrogens with one attached hydrogen (secondary N) is 2. The van der Waals surface area contributed by atoms with Crippen molar-refractivity contribution in [2.24, 2.45) is 0 Å². The Morgan fingerprint density at radius 2 is 1.29 bits per heavy atom. The van der Waals surface area contributed by atoms with Crippen LogP contribution in [0.25, 0.3) is 5.70 Å². The lowest BCUT2D eigenvalue weighted by atomic mass is 10.0. The first kappa shape index (κ1) is 19.1. The number of carbonyl (C=O) groups excluding carboxylic acids is 2. The Kier molecular flexibility index (Phi) is 6.02. The molecule has 0 heterocycles. The standard InChI is InChI=1S/C24H22N2O2/c1-17-12-14-19(15-13-17)23(16-24(28)20-8-4-3-5-9-20)26-22-11-7-6-10-21(22)25-18(2)27/h3-16,26H,1-2H3,(H,25,27)/b23-16-. The van der Waals surface area contributed by atoms with Crippen LogP contribution in [0.1, 0.15) is 28.4 Å². The highest BCUT2D eigenvalue weighted by atomic mass is 16.1. The molecule has 28 heavy (non-hydrogen) atoms. The molecular formula is C24H22N2O2. The monoisotopic (exact) mass is 370 g/mol. The van der Waals surface area contributed by atoms with E-state index in [-0.39, 0.29) is 11.7 Å². The third kappa shape index (κ3) is 4.95. The highest BCUT2D eigenvalue weighted by molar-refractivity contribution is 6.10. The van der Waals surface area contributed by atoms with E-state index < -0.39 is 0 Å². The molecule has 0 aliphatic heterocycles. The molecule has 4 nitrogen and oxygen atoms in total. The Labute approximate surface area is 164 Å². The molecule has 0 fully saturated rings. The van der Waals surface area contributed by atoms with Gasteiger partial charge < -0.3 is 10.6 Å². The van der Waals surface area contributed by atoms with E-state index in [2.05, 4.69) is 10.6 Å². The summed E-state index contributed by atoms with van der Waals surface area (Å²) in [5, 5.41) is 6.13. The Morgan fingerprint density at radius 3 is 1.89 bits per heavy atom. The van der Waals surface area contributed by atoms with Crippen LogP contribution in [0.5, 0.6) is 0 Å². The predicted molar refractivity (Wildman–Crippen MR) is 114 cm³/mol. The predicted octanol–water partition coefficient (Wildman–Crippen LogP) is 5.29. The third-order valence-corrected chi connectivity index (χ3v) is 4.20. The molecule has 140 valence electrons. The molecule has 3 aromatic rings. The Bertz CT molecular complexity index is 1010. The second kappa shape index (κ2) is 8.82. The highest BCUT2D eigenvalue weighted by Crippen LogP contribution is 2.26. The van der Waals surface area contributed by atoms with E-state index in [4.69, 9.17) is 0 Å². The average molecular weight is 370 g/mol. The van der Waals surface area contributed by atoms with Gasteiger partial charge in [0.1, 0.15) is 0 Å². The van der Waals surface area contributed by atoms with Crippen LogP contribution < -0.4 is 10.6 Å². The number of hydrogen-bond acceptors (Lipinski definition) is 3. The van der Waals surface area contributed by atoms with Gasteiger partial charge in [-0.15, -0.1) is 0 Å². The molecule has 2 N–H and O–H groups in total. The molecule has 0 spiro atoms. The normalized spacial score (nSPS) is 11.0. The van der Waals surface area contributed by atoms with E-state index in [0.29, 0.717) is 22.6 Å². The fourth-order valence-electron chi connectivity index (χ4n) is 2.78. The summed E-state index contributed by atoms with van der Waals surface area (Å²) in [6.07, 6.45) is 1.59. The zero-order valence-electron chi connectivity index (χ0n) is 15.9. The molecule has 0 unspecified atom stereocenters. The SMILES string of the molecule is CC(=O)Nc1ccccc1N/C(=C\C(=O)c1ccccc1)c1ccc(C)cc1. The molecule has 0 aliphatic rings. The average Bonchev–Trinajstić information content (AvgIpc) is 2.70. The number of hydrogen-bond donors (Lipinski definition) is 2. The van der Waals surface area contributed by atoms with Crippen LogP contribution in [-0.2, 0) is 4.79 Å². The van der Waals surface area contributed by atoms with E-state index in [9.17, 15) is 9.59 Å². The molecule has 0 radical (unpaired) electrons. The lowest BCUT2D eigenvalue weighted by molar-refractivity contribution is -0.114. The minimum absolute atomic E-state index is 0.0966. The quantitative estimate of drug-likeness (QED) is 0.458. The molecule has 0 aromatic heterocycles. The van der Waals surface area contributed by atoms with Gasteiger partial charge in [-0.2, -0.15) is 0 Å². The summed E-state index contributed by atoms with van der Waals surface area (Å²) < 4.78 is 0. The van der Waals surface area contributed by atoms with E-state index in [1.54, 1.807) is 18.2 Å². The smallest absolute Gasteiger partial charge is 0.221 e. The number of carbonyl (C=O) groups is 2. The Hall–Kier alpha value is -3.66. The van der Waals surface area contributed by atoms with Crippen molar-refractivity contribution in [3.8, 4) is 0 Å². The largest absolute Gasteiger partial charge is 0.353 e. The van der Waals surface area contributed by atoms with Crippen LogP contribution in [-0.4, -0.2) is 11.7 Å². The van der Waals surface area contributed by atoms with Crippen LogP contribution in [0.2, 0.25) is 0 Å². The van der Waals surface area contributed by atoms with Crippen LogP contribution >= 0.6 is 0 Å². The number of rotatable bonds is 6. The summed E-state index contributed by atoms with van der Waals surface area (Å²) >= 11 is 0. The second-order valence-corrected chi connectivity index (χ2v) is 6.51. The number of amides is 1. The van der Waals surface area contributed by atoms with Gasteiger partial charge in [0, 0.05) is 24.3 Å². The van der Waals surface area contributed by atoms with Crippen molar-refractivity contribution in [1.29, 1.82) is 0 Å². The van der Waals surface area contributed by atoms with Gasteiger partial charge in [-0.25, -0.2) is 0 Å². The zero-order chi connectivity index (χ0) is 19.9. The van der Waals surface area contributed by atoms with Crippen molar-refractivity contribution in [3.05, 3.63) is 102 Å². The van der Waals surface area contributed by atoms with E-state index in [0.717, 1.165) is 11.1 Å². The maximum Gasteiger partial charge on any atom is 0.221 e. The number of ketones is 1. The summed E-state index contributed by atoms with van der Waals surface area (Å²) in [4.78, 5) is 24.3. The highest BCUT2D eigenvalue weighted by Gasteiger charge is 2.10. The Balaban J connectivity index is 2.00. The topological polar surface area (TPSA) is 58.2 Å². The summed E-state index contributed by atoms with van der Waals surface area (Å²) in [5.74, 6) is -0.254. The van der Waals surface area contributed by atoms with Gasteiger partial charge in [-0.05, 0) is 24.6 Å². The van der Waals surface area contributed by atoms with Gasteiger partial charge >= 0.3 is 0 Å². The summed E-state index contributed by atoms with van der Waals surface area (Å²) in [6, 6.07) is 24.5. The van der Waals surface area contributed by atoms with Gasteiger partial charge in [0.25, 0.3) is 0 Å². The van der Waals surface area contributed by atoms with Crippen molar-refractivity contribution in [2.75, 3.05) is 10.6 Å². The van der Waals surface area contributed by atoms with Crippen molar-refractivity contribution < 1.29 is 9.59 Å². The molecule has 3 aromatic carbocycles. The summed E-state index contributed by atoms with van der Waals surface area (Å²) in [5.41, 5.74) is 4.66. The first-order chi connectivity index (χ1) is 13.5. The van der Waals surface area contributed by atoms with Crippen molar-refractivity contribution >= 4 is 28.8 Å². The van der Waals surface area contributed by atoms with Crippen LogP contribution in [0.4, 0.5) is 11.4 Å². The van der Waals surface area contributed by atoms with Gasteiger partial charge in [0.05, 0.1) is 11.4 Å². The summed E-state index contributed by atoms with van der Waals surface area (Å²) in [6.45, 7) is 3.48. The molecule has 3 rings (SSSR count). The molecule has 0 bridgehead atoms. The molecular weight excluding hydrogens is 348 g/mol. The number of benzene rings is 3. The second-order valence-electron chi connectivity index (χ2n) is 6.51. The lowest BCUT2D eigenvalue weighted by Gasteiger charge is -2.15. The Morgan fingerprint density at radius 1 is 0.714 bits per heavy atom. The van der Waals surface area contributed by atoms with Crippen LogP contribution in [0.3, 0.4) is 0 Å². The van der Waals surface area contributed by atoms with Crippen molar-refractivity contribution in [1.82, 2.24) is 0 Å². The fourth-order valence-corrected chi connectivity index (χ4v) is 2.78. The molecule has 4 heteroatoms. The minimum atomic E-state index is -0.157. The maximum absolute atomic E-state index is 12.8. The van der Waals surface area contributed by atoms with Crippen molar-refractivity contribution in [3.63, 3.8) is 0 Å². The van der Waals surface area contributed by atoms with Gasteiger partial charge in [-0.3, -0.25) is 9.59 Å². The number of allylic oxidation sites excluding steroid dienone is 1. The lowest BCUT2D eigenvalue weighted by Crippen LogP contribution is -2.10. The fraction of sp³-hybridized carbons (Fsp3) is 0.0833. The molecule has 0 aliphatic carbocycles. The van der Waals surface area contributed by atoms with Gasteiger partial charge in [0.15, 0.2) is 5.78 Å². The van der Waals surface area contributed by atoms with E-state index in [1.165, 1.54) is 6.92 Å². The van der Waals surface area contributed by atoms with Crippen LogP contribution in [0, 0.1) is 6.92 Å². The van der Waals surface area contributed by atoms with Crippen molar-refractivity contribution in [2.45, 2.75) is 13.8 Å². The van der Waals surface area contributed by atoms with Crippen LogP contribution in [0.15, 0.2) is 84.9 Å². The zero-order valence-corrected chi connectivity index (χ0v) is 15.9. The number of aryl methyl sites for hydroxylation is 1. The number of anilines is 2. The first-order valence-electron chi connectivity index (χ1n) is 9.04. The van der Waals surface area contributed by atoms with E-state index >= 15 is 0 Å². The summed E-state index contributed by atoms with van der Waals surface area (Å²) in [7, 11) is 0. The molecule has 0 saturated carbocycles. The first-order valence-corrected chi connectivity index (χ1v) is 9.04. The maximum atomic E-state index is 12.8. The van der Waals surface area contributed by atoms with E-state index in [1.807, 2.05) is 73.7 Å². The molecule has 0 atom stereocenters. The third-order valence-electron chi connectivity index (χ3n) is 4.20. The molecule has 0 saturated heterocycles. The number of para-hydroxylation sites is 2.